The van der Waals surface area contributed by atoms with Crippen LogP contribution in [-0.2, 0) is 16.0 Å². The second-order valence-corrected chi connectivity index (χ2v) is 6.57. The minimum atomic E-state index is -0.200. The topological polar surface area (TPSA) is 65.6 Å². The summed E-state index contributed by atoms with van der Waals surface area (Å²) in [6.45, 7) is 3.13. The summed E-state index contributed by atoms with van der Waals surface area (Å²) in [6.07, 6.45) is 5.17. The Bertz CT molecular complexity index is 808. The van der Waals surface area contributed by atoms with Gasteiger partial charge in [-0.1, -0.05) is 18.2 Å². The molecule has 0 spiro atoms. The first-order valence-corrected chi connectivity index (χ1v) is 8.50. The number of nitrogens with one attached hydrogen (secondary N) is 1. The van der Waals surface area contributed by atoms with Crippen molar-refractivity contribution in [3.05, 3.63) is 47.2 Å². The quantitative estimate of drug-likeness (QED) is 0.666. The number of nitrogens with zero attached hydrogens (tertiary/aromatic N) is 1. The van der Waals surface area contributed by atoms with E-state index in [-0.39, 0.29) is 31.1 Å². The van der Waals surface area contributed by atoms with Crippen molar-refractivity contribution in [3.8, 4) is 0 Å². The highest BCUT2D eigenvalue weighted by molar-refractivity contribution is 5.88. The van der Waals surface area contributed by atoms with E-state index in [2.05, 4.69) is 40.4 Å². The number of H-pyrrole nitrogens is 1. The lowest BCUT2D eigenvalue weighted by atomic mass is 9.76. The van der Waals surface area contributed by atoms with E-state index in [9.17, 15) is 9.90 Å². The maximum absolute atomic E-state index is 12.0. The zero-order chi connectivity index (χ0) is 16.7. The second-order valence-electron chi connectivity index (χ2n) is 6.57. The molecule has 2 heterocycles. The van der Waals surface area contributed by atoms with E-state index in [4.69, 9.17) is 4.74 Å². The Morgan fingerprint density at radius 2 is 2.33 bits per heavy atom. The van der Waals surface area contributed by atoms with E-state index in [0.29, 0.717) is 13.2 Å². The average molecular weight is 326 g/mol. The lowest BCUT2D eigenvalue weighted by molar-refractivity contribution is -0.145. The number of esters is 1. The molecule has 0 radical (unpaired) electrons. The van der Waals surface area contributed by atoms with Crippen LogP contribution in [0.1, 0.15) is 24.0 Å². The van der Waals surface area contributed by atoms with Crippen molar-refractivity contribution in [2.45, 2.75) is 25.3 Å². The molecule has 1 aliphatic heterocycles. The van der Waals surface area contributed by atoms with E-state index in [1.165, 1.54) is 16.5 Å². The molecule has 0 bridgehead atoms. The van der Waals surface area contributed by atoms with Gasteiger partial charge in [0.1, 0.15) is 0 Å². The van der Waals surface area contributed by atoms with Crippen LogP contribution >= 0.6 is 0 Å². The Morgan fingerprint density at radius 3 is 3.12 bits per heavy atom. The molecule has 0 saturated heterocycles. The predicted octanol–water partition coefficient (Wildman–Crippen LogP) is 1.97. The number of rotatable bonds is 4. The first kappa shape index (κ1) is 15.4. The number of hydrogen-bond acceptors (Lipinski definition) is 4. The van der Waals surface area contributed by atoms with Crippen LogP contribution < -0.4 is 0 Å². The lowest BCUT2D eigenvalue weighted by Crippen LogP contribution is -2.48. The third-order valence-corrected chi connectivity index (χ3v) is 5.15. The van der Waals surface area contributed by atoms with Crippen LogP contribution in [0.3, 0.4) is 0 Å². The van der Waals surface area contributed by atoms with Crippen LogP contribution in [0.5, 0.6) is 0 Å². The van der Waals surface area contributed by atoms with Gasteiger partial charge < -0.3 is 14.8 Å². The van der Waals surface area contributed by atoms with Gasteiger partial charge in [-0.2, -0.15) is 0 Å². The SMILES string of the molecule is CCOC(=O)CN1CC(CO)=C[C@@H]2c3cccc4[nH]cc(c34)C[C@H]21. The van der Waals surface area contributed by atoms with Gasteiger partial charge in [0.05, 0.1) is 19.8 Å². The van der Waals surface area contributed by atoms with Crippen molar-refractivity contribution in [2.75, 3.05) is 26.3 Å². The first-order chi connectivity index (χ1) is 11.7. The van der Waals surface area contributed by atoms with Crippen LogP contribution in [0.25, 0.3) is 10.9 Å². The fraction of sp³-hybridized carbons (Fsp3) is 0.421. The number of ether oxygens (including phenoxy) is 1. The van der Waals surface area contributed by atoms with E-state index in [1.54, 1.807) is 0 Å². The summed E-state index contributed by atoms with van der Waals surface area (Å²) in [7, 11) is 0. The van der Waals surface area contributed by atoms with Crippen molar-refractivity contribution in [1.29, 1.82) is 0 Å². The van der Waals surface area contributed by atoms with Gasteiger partial charge in [-0.15, -0.1) is 0 Å². The van der Waals surface area contributed by atoms with Crippen LogP contribution in [0.15, 0.2) is 36.0 Å². The molecular formula is C19H22N2O3. The van der Waals surface area contributed by atoms with Crippen molar-refractivity contribution < 1.29 is 14.6 Å². The molecular weight excluding hydrogens is 304 g/mol. The second kappa shape index (κ2) is 6.07. The smallest absolute Gasteiger partial charge is 0.320 e. The largest absolute Gasteiger partial charge is 0.465 e. The third-order valence-electron chi connectivity index (χ3n) is 5.15. The van der Waals surface area contributed by atoms with Crippen molar-refractivity contribution >= 4 is 16.9 Å². The highest BCUT2D eigenvalue weighted by Crippen LogP contribution is 2.42. The van der Waals surface area contributed by atoms with Gasteiger partial charge in [0.2, 0.25) is 0 Å². The number of fused-ring (bicyclic) bond motifs is 2. The number of aliphatic hydroxyl groups excluding tert-OH is 1. The number of aromatic amines is 1. The van der Waals surface area contributed by atoms with Crippen LogP contribution in [0, 0.1) is 0 Å². The van der Waals surface area contributed by atoms with E-state index in [1.807, 2.05) is 6.92 Å². The zero-order valence-electron chi connectivity index (χ0n) is 13.8. The van der Waals surface area contributed by atoms with Crippen molar-refractivity contribution in [2.24, 2.45) is 0 Å². The Morgan fingerprint density at radius 1 is 1.46 bits per heavy atom. The molecule has 0 amide bonds. The predicted molar refractivity (Wildman–Crippen MR) is 91.9 cm³/mol. The van der Waals surface area contributed by atoms with Gasteiger partial charge in [0.25, 0.3) is 0 Å². The first-order valence-electron chi connectivity index (χ1n) is 8.50. The van der Waals surface area contributed by atoms with Crippen LogP contribution in [0.4, 0.5) is 0 Å². The molecule has 2 atom stereocenters. The van der Waals surface area contributed by atoms with Gasteiger partial charge in [-0.3, -0.25) is 9.69 Å². The van der Waals surface area contributed by atoms with Gasteiger partial charge in [0, 0.05) is 35.6 Å². The number of carbonyl (C=O) groups excluding carboxylic acids is 1. The van der Waals surface area contributed by atoms with Gasteiger partial charge in [-0.25, -0.2) is 0 Å². The molecule has 5 nitrogen and oxygen atoms in total. The summed E-state index contributed by atoms with van der Waals surface area (Å²) in [5, 5.41) is 11.0. The van der Waals surface area contributed by atoms with Gasteiger partial charge in [0.15, 0.2) is 0 Å². The fourth-order valence-corrected chi connectivity index (χ4v) is 4.17. The van der Waals surface area contributed by atoms with Gasteiger partial charge >= 0.3 is 5.97 Å². The molecule has 0 saturated carbocycles. The molecule has 5 heteroatoms. The Hall–Kier alpha value is -2.11. The third kappa shape index (κ3) is 2.44. The van der Waals surface area contributed by atoms with E-state index in [0.717, 1.165) is 17.5 Å². The zero-order valence-corrected chi connectivity index (χ0v) is 13.8. The number of aliphatic hydroxyl groups is 1. The summed E-state index contributed by atoms with van der Waals surface area (Å²) < 4.78 is 5.14. The molecule has 24 heavy (non-hydrogen) atoms. The lowest BCUT2D eigenvalue weighted by Gasteiger charge is -2.42. The maximum atomic E-state index is 12.0. The van der Waals surface area contributed by atoms with Crippen molar-refractivity contribution in [3.63, 3.8) is 0 Å². The summed E-state index contributed by atoms with van der Waals surface area (Å²) in [5.41, 5.74) is 4.70. The Kier molecular flexibility index (Phi) is 3.90. The van der Waals surface area contributed by atoms with Gasteiger partial charge in [-0.05, 0) is 36.1 Å². The summed E-state index contributed by atoms with van der Waals surface area (Å²) in [4.78, 5) is 17.5. The molecule has 0 unspecified atom stereocenters. The summed E-state index contributed by atoms with van der Waals surface area (Å²) in [5.74, 6) is -0.00385. The standard InChI is InChI=1S/C19H22N2O3/c1-2-24-18(23)10-21-9-12(11-22)6-15-14-4-3-5-16-19(14)13(8-20-16)7-17(15)21/h3-6,8,15,17,20,22H,2,7,9-11H2,1H3/t15-,17-/m1/s1. The molecule has 1 aromatic carbocycles. The summed E-state index contributed by atoms with van der Waals surface area (Å²) in [6, 6.07) is 6.55. The van der Waals surface area contributed by atoms with E-state index >= 15 is 0 Å². The highest BCUT2D eigenvalue weighted by Gasteiger charge is 2.37. The number of carbonyl (C=O) groups is 1. The maximum Gasteiger partial charge on any atom is 0.320 e. The van der Waals surface area contributed by atoms with Crippen LogP contribution in [0.2, 0.25) is 0 Å². The normalized spacial score (nSPS) is 23.0. The molecule has 2 N–H and O–H groups in total. The fourth-order valence-electron chi connectivity index (χ4n) is 4.17. The molecule has 126 valence electrons. The minimum absolute atomic E-state index is 0.0263. The molecule has 1 aliphatic carbocycles. The number of benzene rings is 1. The highest BCUT2D eigenvalue weighted by atomic mass is 16.5. The molecule has 0 fully saturated rings. The molecule has 2 aliphatic rings. The average Bonchev–Trinajstić information content (AvgIpc) is 3.00. The van der Waals surface area contributed by atoms with E-state index < -0.39 is 0 Å². The molecule has 2 aromatic rings. The Labute approximate surface area is 140 Å². The number of hydrogen-bond donors (Lipinski definition) is 2. The molecule has 4 rings (SSSR count). The Balaban J connectivity index is 1.74. The molecule has 1 aromatic heterocycles. The van der Waals surface area contributed by atoms with Crippen molar-refractivity contribution in [1.82, 2.24) is 9.88 Å². The van der Waals surface area contributed by atoms with Crippen LogP contribution in [-0.4, -0.2) is 53.3 Å². The minimum Gasteiger partial charge on any atom is -0.465 e. The monoisotopic (exact) mass is 326 g/mol. The number of aromatic nitrogens is 1. The summed E-state index contributed by atoms with van der Waals surface area (Å²) >= 11 is 0.